The van der Waals surface area contributed by atoms with E-state index in [-0.39, 0.29) is 11.4 Å². The highest BCUT2D eigenvalue weighted by atomic mass is 16.5. The van der Waals surface area contributed by atoms with Crippen LogP contribution in [0.1, 0.15) is 28.7 Å². The van der Waals surface area contributed by atoms with Gasteiger partial charge in [0.05, 0.1) is 6.26 Å². The standard InChI is InChI=1S/C20H16N2O4/c1-12-18(16-7-3-4-8-17(16)22-12)19(23)13(2)26-20(24)14(11-21)10-15-6-5-9-25-15/h3-10,13,22H,1-2H3/b14-10+/t13-/m1/s1. The molecule has 1 N–H and O–H groups in total. The van der Waals surface area contributed by atoms with Crippen molar-refractivity contribution in [3.8, 4) is 6.07 Å². The molecule has 1 aromatic carbocycles. The van der Waals surface area contributed by atoms with Gasteiger partial charge in [-0.2, -0.15) is 5.26 Å². The second-order valence-electron chi connectivity index (χ2n) is 5.77. The maximum absolute atomic E-state index is 12.8. The van der Waals surface area contributed by atoms with Crippen molar-refractivity contribution < 1.29 is 18.7 Å². The fraction of sp³-hybridized carbons (Fsp3) is 0.150. The first-order valence-electron chi connectivity index (χ1n) is 7.99. The van der Waals surface area contributed by atoms with Gasteiger partial charge in [-0.3, -0.25) is 4.79 Å². The van der Waals surface area contributed by atoms with Gasteiger partial charge in [-0.05, 0) is 32.0 Å². The van der Waals surface area contributed by atoms with Gasteiger partial charge in [0, 0.05) is 28.2 Å². The summed E-state index contributed by atoms with van der Waals surface area (Å²) < 4.78 is 10.3. The Morgan fingerprint density at radius 1 is 1.27 bits per heavy atom. The number of aromatic nitrogens is 1. The Balaban J connectivity index is 1.82. The molecule has 0 radical (unpaired) electrons. The molecule has 0 saturated carbocycles. The highest BCUT2D eigenvalue weighted by Gasteiger charge is 2.25. The smallest absolute Gasteiger partial charge is 0.349 e. The summed E-state index contributed by atoms with van der Waals surface area (Å²) in [4.78, 5) is 28.1. The van der Waals surface area contributed by atoms with Gasteiger partial charge in [0.15, 0.2) is 6.10 Å². The molecule has 0 aliphatic rings. The molecular formula is C20H16N2O4. The van der Waals surface area contributed by atoms with Crippen molar-refractivity contribution in [3.05, 3.63) is 65.3 Å². The molecule has 6 nitrogen and oxygen atoms in total. The number of carbonyl (C=O) groups is 2. The number of nitriles is 1. The Morgan fingerprint density at radius 3 is 2.73 bits per heavy atom. The molecule has 26 heavy (non-hydrogen) atoms. The number of esters is 1. The van der Waals surface area contributed by atoms with Gasteiger partial charge in [0.1, 0.15) is 17.4 Å². The largest absolute Gasteiger partial charge is 0.465 e. The van der Waals surface area contributed by atoms with Gasteiger partial charge in [0.2, 0.25) is 5.78 Å². The number of nitrogens with one attached hydrogen (secondary N) is 1. The number of furan rings is 1. The number of hydrogen-bond acceptors (Lipinski definition) is 5. The Bertz CT molecular complexity index is 1040. The first-order chi connectivity index (χ1) is 12.5. The van der Waals surface area contributed by atoms with Crippen LogP contribution in [0.15, 0.2) is 52.7 Å². The second-order valence-corrected chi connectivity index (χ2v) is 5.77. The molecule has 0 saturated heterocycles. The minimum Gasteiger partial charge on any atom is -0.465 e. The Kier molecular flexibility index (Phi) is 4.72. The fourth-order valence-electron chi connectivity index (χ4n) is 2.73. The van der Waals surface area contributed by atoms with Crippen LogP contribution in [0.4, 0.5) is 0 Å². The summed E-state index contributed by atoms with van der Waals surface area (Å²) in [6.45, 7) is 3.28. The minimum absolute atomic E-state index is 0.241. The van der Waals surface area contributed by atoms with E-state index in [1.165, 1.54) is 19.3 Å². The molecule has 0 unspecified atom stereocenters. The van der Waals surface area contributed by atoms with Crippen LogP contribution in [0.3, 0.4) is 0 Å². The molecule has 0 spiro atoms. The van der Waals surface area contributed by atoms with Gasteiger partial charge in [-0.25, -0.2) is 4.79 Å². The van der Waals surface area contributed by atoms with Crippen molar-refractivity contribution in [2.24, 2.45) is 0 Å². The van der Waals surface area contributed by atoms with Crippen LogP contribution < -0.4 is 0 Å². The van der Waals surface area contributed by atoms with Crippen LogP contribution in [0.5, 0.6) is 0 Å². The number of para-hydroxylation sites is 1. The summed E-state index contributed by atoms with van der Waals surface area (Å²) in [6.07, 6.45) is 1.67. The number of aryl methyl sites for hydroxylation is 1. The third-order valence-electron chi connectivity index (χ3n) is 3.96. The number of rotatable bonds is 5. The lowest BCUT2D eigenvalue weighted by atomic mass is 10.0. The maximum atomic E-state index is 12.8. The maximum Gasteiger partial charge on any atom is 0.349 e. The third-order valence-corrected chi connectivity index (χ3v) is 3.96. The predicted molar refractivity (Wildman–Crippen MR) is 95.2 cm³/mol. The van der Waals surface area contributed by atoms with Gasteiger partial charge >= 0.3 is 5.97 Å². The Labute approximate surface area is 149 Å². The van der Waals surface area contributed by atoms with Crippen LogP contribution in [0, 0.1) is 18.3 Å². The molecule has 0 aliphatic heterocycles. The van der Waals surface area contributed by atoms with Crippen LogP contribution >= 0.6 is 0 Å². The highest BCUT2D eigenvalue weighted by molar-refractivity contribution is 6.12. The van der Waals surface area contributed by atoms with E-state index in [4.69, 9.17) is 14.4 Å². The number of nitrogens with zero attached hydrogens (tertiary/aromatic N) is 1. The fourth-order valence-corrected chi connectivity index (χ4v) is 2.73. The van der Waals surface area contributed by atoms with Crippen molar-refractivity contribution in [1.29, 1.82) is 5.26 Å². The average molecular weight is 348 g/mol. The minimum atomic E-state index is -1.03. The number of fused-ring (bicyclic) bond motifs is 1. The second kappa shape index (κ2) is 7.11. The first kappa shape index (κ1) is 17.2. The number of carbonyl (C=O) groups excluding carboxylic acids is 2. The SMILES string of the molecule is Cc1[nH]c2ccccc2c1C(=O)[C@@H](C)OC(=O)/C(C#N)=C/c1ccco1. The lowest BCUT2D eigenvalue weighted by Crippen LogP contribution is -2.25. The molecule has 3 aromatic rings. The van der Waals surface area contributed by atoms with Gasteiger partial charge in [-0.15, -0.1) is 0 Å². The molecule has 1 atom stereocenters. The van der Waals surface area contributed by atoms with E-state index in [9.17, 15) is 9.59 Å². The zero-order valence-corrected chi connectivity index (χ0v) is 14.3. The van der Waals surface area contributed by atoms with Gasteiger partial charge < -0.3 is 14.1 Å². The topological polar surface area (TPSA) is 96.1 Å². The Hall–Kier alpha value is -3.59. The van der Waals surface area contributed by atoms with Crippen LogP contribution in [-0.4, -0.2) is 22.8 Å². The lowest BCUT2D eigenvalue weighted by molar-refractivity contribution is -0.141. The zero-order chi connectivity index (χ0) is 18.7. The number of aromatic amines is 1. The number of Topliss-reactive ketones (excluding diaryl/α,β-unsaturated/α-hetero) is 1. The Morgan fingerprint density at radius 2 is 2.04 bits per heavy atom. The van der Waals surface area contributed by atoms with E-state index in [1.54, 1.807) is 25.1 Å². The van der Waals surface area contributed by atoms with Crippen molar-refractivity contribution in [1.82, 2.24) is 4.98 Å². The van der Waals surface area contributed by atoms with Gasteiger partial charge in [-0.1, -0.05) is 18.2 Å². The summed E-state index contributed by atoms with van der Waals surface area (Å²) in [6, 6.07) is 12.4. The van der Waals surface area contributed by atoms with Crippen molar-refractivity contribution in [2.75, 3.05) is 0 Å². The molecule has 0 amide bonds. The predicted octanol–water partition coefficient (Wildman–Crippen LogP) is 3.79. The lowest BCUT2D eigenvalue weighted by Gasteiger charge is -2.12. The molecule has 3 rings (SSSR count). The number of ether oxygens (including phenoxy) is 1. The van der Waals surface area contributed by atoms with Crippen LogP contribution in [0.25, 0.3) is 17.0 Å². The zero-order valence-electron chi connectivity index (χ0n) is 14.3. The monoisotopic (exact) mass is 348 g/mol. The number of benzene rings is 1. The van der Waals surface area contributed by atoms with E-state index in [0.717, 1.165) is 10.9 Å². The van der Waals surface area contributed by atoms with Crippen molar-refractivity contribution in [2.45, 2.75) is 20.0 Å². The average Bonchev–Trinajstić information content (AvgIpc) is 3.25. The number of H-pyrrole nitrogens is 1. The first-order valence-corrected chi connectivity index (χ1v) is 7.99. The quantitative estimate of drug-likeness (QED) is 0.327. The summed E-state index contributed by atoms with van der Waals surface area (Å²) in [7, 11) is 0. The van der Waals surface area contributed by atoms with Crippen molar-refractivity contribution in [3.63, 3.8) is 0 Å². The molecule has 0 bridgehead atoms. The van der Waals surface area contributed by atoms with E-state index >= 15 is 0 Å². The van der Waals surface area contributed by atoms with E-state index in [2.05, 4.69) is 4.98 Å². The highest BCUT2D eigenvalue weighted by Crippen LogP contribution is 2.24. The molecule has 0 fully saturated rings. The number of ketones is 1. The molecular weight excluding hydrogens is 332 g/mol. The molecule has 130 valence electrons. The number of hydrogen-bond donors (Lipinski definition) is 1. The van der Waals surface area contributed by atoms with Crippen molar-refractivity contribution >= 4 is 28.7 Å². The summed E-state index contributed by atoms with van der Waals surface area (Å²) in [5.41, 5.74) is 1.78. The summed E-state index contributed by atoms with van der Waals surface area (Å²) >= 11 is 0. The molecule has 2 heterocycles. The molecule has 0 aliphatic carbocycles. The normalized spacial score (nSPS) is 12.6. The summed E-state index contributed by atoms with van der Waals surface area (Å²) in [5, 5.41) is 9.93. The molecule has 2 aromatic heterocycles. The van der Waals surface area contributed by atoms with E-state index < -0.39 is 12.1 Å². The third kappa shape index (κ3) is 3.28. The van der Waals surface area contributed by atoms with Crippen LogP contribution in [-0.2, 0) is 9.53 Å². The van der Waals surface area contributed by atoms with Gasteiger partial charge in [0.25, 0.3) is 0 Å². The van der Waals surface area contributed by atoms with Crippen LogP contribution in [0.2, 0.25) is 0 Å². The summed E-state index contributed by atoms with van der Waals surface area (Å²) in [5.74, 6) is -0.851. The molecule has 6 heteroatoms. The van der Waals surface area contributed by atoms with E-state index in [0.29, 0.717) is 17.0 Å². The van der Waals surface area contributed by atoms with E-state index in [1.807, 2.05) is 24.3 Å².